The van der Waals surface area contributed by atoms with Gasteiger partial charge in [-0.2, -0.15) is 0 Å². The molecule has 0 radical (unpaired) electrons. The van der Waals surface area contributed by atoms with Crippen molar-refractivity contribution in [1.82, 2.24) is 14.5 Å². The molecule has 2 heterocycles. The van der Waals surface area contributed by atoms with Crippen molar-refractivity contribution in [1.29, 1.82) is 0 Å². The average molecular weight is 341 g/mol. The van der Waals surface area contributed by atoms with Gasteiger partial charge in [0.25, 0.3) is 0 Å². The summed E-state index contributed by atoms with van der Waals surface area (Å²) in [6.45, 7) is 7.27. The second-order valence-electron chi connectivity index (χ2n) is 7.28. The van der Waals surface area contributed by atoms with Crippen molar-refractivity contribution in [3.8, 4) is 0 Å². The van der Waals surface area contributed by atoms with E-state index in [4.69, 9.17) is 4.74 Å². The SMILES string of the molecule is COCCn1cncc1CN1CCCC(CCc2ccccc2C)C1. The molecule has 1 unspecified atom stereocenters. The number of aryl methyl sites for hydroxylation is 2. The van der Waals surface area contributed by atoms with Gasteiger partial charge in [0.05, 0.1) is 18.6 Å². The molecule has 0 bridgehead atoms. The second-order valence-corrected chi connectivity index (χ2v) is 7.28. The van der Waals surface area contributed by atoms with Gasteiger partial charge in [0.2, 0.25) is 0 Å². The molecule has 1 saturated heterocycles. The molecule has 0 N–H and O–H groups in total. The van der Waals surface area contributed by atoms with Crippen LogP contribution in [-0.2, 0) is 24.2 Å². The van der Waals surface area contributed by atoms with Gasteiger partial charge in [0.15, 0.2) is 0 Å². The Morgan fingerprint density at radius 1 is 1.28 bits per heavy atom. The second kappa shape index (κ2) is 9.16. The number of likely N-dealkylation sites (tertiary alicyclic amines) is 1. The first-order valence-electron chi connectivity index (χ1n) is 9.51. The highest BCUT2D eigenvalue weighted by Gasteiger charge is 2.21. The third kappa shape index (κ3) is 5.16. The summed E-state index contributed by atoms with van der Waals surface area (Å²) >= 11 is 0. The molecule has 25 heavy (non-hydrogen) atoms. The molecule has 1 fully saturated rings. The summed E-state index contributed by atoms with van der Waals surface area (Å²) in [5.74, 6) is 0.809. The minimum absolute atomic E-state index is 0.739. The van der Waals surface area contributed by atoms with Gasteiger partial charge in [-0.05, 0) is 56.2 Å². The van der Waals surface area contributed by atoms with Crippen molar-refractivity contribution >= 4 is 0 Å². The van der Waals surface area contributed by atoms with Gasteiger partial charge in [-0.15, -0.1) is 0 Å². The monoisotopic (exact) mass is 341 g/mol. The standard InChI is InChI=1S/C21H31N3O/c1-18-6-3-4-8-20(18)10-9-19-7-5-11-23(15-19)16-21-14-22-17-24(21)12-13-25-2/h3-4,6,8,14,17,19H,5,7,9-13,15-16H2,1-2H3. The van der Waals surface area contributed by atoms with Gasteiger partial charge in [0, 0.05) is 32.9 Å². The van der Waals surface area contributed by atoms with Gasteiger partial charge in [-0.3, -0.25) is 4.90 Å². The Bertz CT molecular complexity index is 652. The summed E-state index contributed by atoms with van der Waals surface area (Å²) in [7, 11) is 1.75. The quantitative estimate of drug-likeness (QED) is 0.734. The van der Waals surface area contributed by atoms with E-state index < -0.39 is 0 Å². The fourth-order valence-corrected chi connectivity index (χ4v) is 3.88. The number of piperidine rings is 1. The van der Waals surface area contributed by atoms with Crippen LogP contribution in [0.25, 0.3) is 0 Å². The lowest BCUT2D eigenvalue weighted by atomic mass is 9.90. The highest BCUT2D eigenvalue weighted by Crippen LogP contribution is 2.23. The van der Waals surface area contributed by atoms with Gasteiger partial charge in [-0.25, -0.2) is 4.98 Å². The summed E-state index contributed by atoms with van der Waals surface area (Å²) in [5, 5.41) is 0. The molecule has 3 rings (SSSR count). The summed E-state index contributed by atoms with van der Waals surface area (Å²) in [5.41, 5.74) is 4.24. The smallest absolute Gasteiger partial charge is 0.0949 e. The molecule has 0 spiro atoms. The number of rotatable bonds is 8. The summed E-state index contributed by atoms with van der Waals surface area (Å²) < 4.78 is 7.42. The fraction of sp³-hybridized carbons (Fsp3) is 0.571. The van der Waals surface area contributed by atoms with Crippen LogP contribution in [0, 0.1) is 12.8 Å². The molecular formula is C21H31N3O. The average Bonchev–Trinajstić information content (AvgIpc) is 3.06. The van der Waals surface area contributed by atoms with Crippen molar-refractivity contribution < 1.29 is 4.74 Å². The predicted molar refractivity (Wildman–Crippen MR) is 102 cm³/mol. The van der Waals surface area contributed by atoms with E-state index in [1.54, 1.807) is 7.11 Å². The molecule has 1 aromatic carbocycles. The van der Waals surface area contributed by atoms with Gasteiger partial charge >= 0.3 is 0 Å². The van der Waals surface area contributed by atoms with E-state index in [0.29, 0.717) is 0 Å². The maximum atomic E-state index is 5.20. The van der Waals surface area contributed by atoms with Crippen LogP contribution in [0.15, 0.2) is 36.8 Å². The predicted octanol–water partition coefficient (Wildman–Crippen LogP) is 3.68. The highest BCUT2D eigenvalue weighted by molar-refractivity contribution is 5.25. The lowest BCUT2D eigenvalue weighted by Crippen LogP contribution is -2.35. The van der Waals surface area contributed by atoms with Crippen molar-refractivity contribution in [2.45, 2.75) is 45.7 Å². The Morgan fingerprint density at radius 3 is 3.00 bits per heavy atom. The fourth-order valence-electron chi connectivity index (χ4n) is 3.88. The lowest BCUT2D eigenvalue weighted by Gasteiger charge is -2.33. The zero-order chi connectivity index (χ0) is 17.5. The number of imidazole rings is 1. The molecule has 2 aromatic rings. The van der Waals surface area contributed by atoms with Crippen LogP contribution in [0.1, 0.15) is 36.1 Å². The number of ether oxygens (including phenoxy) is 1. The normalized spacial score (nSPS) is 18.6. The third-order valence-electron chi connectivity index (χ3n) is 5.41. The summed E-state index contributed by atoms with van der Waals surface area (Å²) in [6.07, 6.45) is 9.11. The first-order chi connectivity index (χ1) is 12.3. The Hall–Kier alpha value is -1.65. The maximum absolute atomic E-state index is 5.20. The Balaban J connectivity index is 1.51. The minimum atomic E-state index is 0.739. The number of hydrogen-bond acceptors (Lipinski definition) is 3. The van der Waals surface area contributed by atoms with Gasteiger partial charge < -0.3 is 9.30 Å². The zero-order valence-corrected chi connectivity index (χ0v) is 15.7. The van der Waals surface area contributed by atoms with Crippen LogP contribution in [0.4, 0.5) is 0 Å². The molecule has 0 amide bonds. The lowest BCUT2D eigenvalue weighted by molar-refractivity contribution is 0.155. The molecule has 136 valence electrons. The first-order valence-corrected chi connectivity index (χ1v) is 9.51. The Labute approximate surface area is 151 Å². The van der Waals surface area contributed by atoms with Crippen LogP contribution in [0.5, 0.6) is 0 Å². The molecule has 4 nitrogen and oxygen atoms in total. The van der Waals surface area contributed by atoms with Crippen LogP contribution in [0.2, 0.25) is 0 Å². The molecule has 0 saturated carbocycles. The zero-order valence-electron chi connectivity index (χ0n) is 15.7. The van der Waals surface area contributed by atoms with E-state index in [-0.39, 0.29) is 0 Å². The molecule has 1 aromatic heterocycles. The third-order valence-corrected chi connectivity index (χ3v) is 5.41. The number of benzene rings is 1. The molecule has 1 atom stereocenters. The van der Waals surface area contributed by atoms with Crippen molar-refractivity contribution in [3.63, 3.8) is 0 Å². The molecular weight excluding hydrogens is 310 g/mol. The number of hydrogen-bond donors (Lipinski definition) is 0. The first kappa shape index (κ1) is 18.2. The number of methoxy groups -OCH3 is 1. The Kier molecular flexibility index (Phi) is 6.65. The molecule has 1 aliphatic rings. The van der Waals surface area contributed by atoms with Crippen LogP contribution in [0.3, 0.4) is 0 Å². The number of nitrogens with zero attached hydrogens (tertiary/aromatic N) is 3. The van der Waals surface area contributed by atoms with Crippen molar-refractivity contribution in [2.24, 2.45) is 5.92 Å². The van der Waals surface area contributed by atoms with E-state index in [1.165, 1.54) is 55.6 Å². The van der Waals surface area contributed by atoms with Crippen LogP contribution >= 0.6 is 0 Å². The van der Waals surface area contributed by atoms with E-state index in [9.17, 15) is 0 Å². The van der Waals surface area contributed by atoms with Gasteiger partial charge in [0.1, 0.15) is 0 Å². The van der Waals surface area contributed by atoms with Crippen molar-refractivity contribution in [3.05, 3.63) is 53.6 Å². The summed E-state index contributed by atoms with van der Waals surface area (Å²) in [4.78, 5) is 6.93. The summed E-state index contributed by atoms with van der Waals surface area (Å²) in [6, 6.07) is 8.80. The van der Waals surface area contributed by atoms with Crippen LogP contribution < -0.4 is 0 Å². The maximum Gasteiger partial charge on any atom is 0.0949 e. The molecule has 1 aliphatic heterocycles. The largest absolute Gasteiger partial charge is 0.383 e. The van der Waals surface area contributed by atoms with Crippen molar-refractivity contribution in [2.75, 3.05) is 26.8 Å². The molecule has 0 aliphatic carbocycles. The van der Waals surface area contributed by atoms with E-state index in [2.05, 4.69) is 45.6 Å². The van der Waals surface area contributed by atoms with E-state index in [0.717, 1.165) is 25.6 Å². The highest BCUT2D eigenvalue weighted by atomic mass is 16.5. The van der Waals surface area contributed by atoms with E-state index in [1.807, 2.05) is 12.5 Å². The van der Waals surface area contributed by atoms with Crippen LogP contribution in [-0.4, -0.2) is 41.3 Å². The van der Waals surface area contributed by atoms with Gasteiger partial charge in [-0.1, -0.05) is 24.3 Å². The Morgan fingerprint density at radius 2 is 2.16 bits per heavy atom. The van der Waals surface area contributed by atoms with E-state index >= 15 is 0 Å². The number of aromatic nitrogens is 2. The molecule has 4 heteroatoms. The topological polar surface area (TPSA) is 30.3 Å². The minimum Gasteiger partial charge on any atom is -0.383 e.